The number of nitrogens with zero attached hydrogens (tertiary/aromatic N) is 2. The molecule has 3 heteroatoms. The lowest BCUT2D eigenvalue weighted by Crippen LogP contribution is -2.55. The lowest BCUT2D eigenvalue weighted by molar-refractivity contribution is 0.108. The van der Waals surface area contributed by atoms with E-state index in [4.69, 9.17) is 0 Å². The van der Waals surface area contributed by atoms with Crippen LogP contribution in [-0.2, 0) is 0 Å². The highest BCUT2D eigenvalue weighted by Crippen LogP contribution is 2.29. The highest BCUT2D eigenvalue weighted by Gasteiger charge is 2.26. The summed E-state index contributed by atoms with van der Waals surface area (Å²) in [5.74, 6) is 1.85. The zero-order valence-corrected chi connectivity index (χ0v) is 13.4. The molecule has 1 N–H and O–H groups in total. The highest BCUT2D eigenvalue weighted by atomic mass is 15.3. The molecule has 1 aliphatic heterocycles. The average molecular weight is 267 g/mol. The molecule has 2 fully saturated rings. The summed E-state index contributed by atoms with van der Waals surface area (Å²) >= 11 is 0. The zero-order chi connectivity index (χ0) is 13.8. The normalized spacial score (nSPS) is 34.9. The van der Waals surface area contributed by atoms with Crippen molar-refractivity contribution in [3.8, 4) is 0 Å². The molecule has 3 nitrogen and oxygen atoms in total. The maximum absolute atomic E-state index is 3.83. The van der Waals surface area contributed by atoms with Crippen LogP contribution in [0.15, 0.2) is 0 Å². The molecule has 19 heavy (non-hydrogen) atoms. The van der Waals surface area contributed by atoms with Gasteiger partial charge in [-0.3, -0.25) is 4.90 Å². The Morgan fingerprint density at radius 2 is 1.74 bits per heavy atom. The number of nitrogens with one attached hydrogen (secondary N) is 1. The quantitative estimate of drug-likeness (QED) is 0.841. The van der Waals surface area contributed by atoms with E-state index in [2.05, 4.69) is 43.1 Å². The zero-order valence-electron chi connectivity index (χ0n) is 13.4. The standard InChI is InChI=1S/C16H33N3/c1-13(2)14-5-7-15(8-6-14)17-11-16-12-18(3)9-10-19(16)4/h13-17H,5-12H2,1-4H3. The Balaban J connectivity index is 1.68. The van der Waals surface area contributed by atoms with E-state index in [-0.39, 0.29) is 0 Å². The SMILES string of the molecule is CC(C)C1CCC(NCC2CN(C)CCN2C)CC1. The molecule has 2 aliphatic rings. The van der Waals surface area contributed by atoms with Gasteiger partial charge in [0.2, 0.25) is 0 Å². The van der Waals surface area contributed by atoms with Crippen molar-refractivity contribution in [2.24, 2.45) is 11.8 Å². The van der Waals surface area contributed by atoms with Gasteiger partial charge < -0.3 is 10.2 Å². The van der Waals surface area contributed by atoms with Gasteiger partial charge in [-0.1, -0.05) is 13.8 Å². The molecule has 0 spiro atoms. The van der Waals surface area contributed by atoms with Crippen molar-refractivity contribution >= 4 is 0 Å². The number of piperazine rings is 1. The van der Waals surface area contributed by atoms with Gasteiger partial charge in [0, 0.05) is 38.3 Å². The van der Waals surface area contributed by atoms with Gasteiger partial charge in [0.15, 0.2) is 0 Å². The third-order valence-corrected chi connectivity index (χ3v) is 5.34. The van der Waals surface area contributed by atoms with Crippen molar-refractivity contribution < 1.29 is 0 Å². The van der Waals surface area contributed by atoms with Crippen molar-refractivity contribution in [3.63, 3.8) is 0 Å². The molecule has 1 saturated carbocycles. The van der Waals surface area contributed by atoms with Gasteiger partial charge in [-0.15, -0.1) is 0 Å². The van der Waals surface area contributed by atoms with Gasteiger partial charge in [0.1, 0.15) is 0 Å². The summed E-state index contributed by atoms with van der Waals surface area (Å²) in [7, 11) is 4.52. The molecule has 1 atom stereocenters. The number of likely N-dealkylation sites (N-methyl/N-ethyl adjacent to an activating group) is 2. The van der Waals surface area contributed by atoms with Crippen LogP contribution < -0.4 is 5.32 Å². The predicted octanol–water partition coefficient (Wildman–Crippen LogP) is 2.04. The van der Waals surface area contributed by atoms with Crippen molar-refractivity contribution in [3.05, 3.63) is 0 Å². The van der Waals surface area contributed by atoms with E-state index < -0.39 is 0 Å². The lowest BCUT2D eigenvalue weighted by Gasteiger charge is -2.39. The van der Waals surface area contributed by atoms with Crippen LogP contribution in [0.25, 0.3) is 0 Å². The Morgan fingerprint density at radius 1 is 1.05 bits per heavy atom. The first-order valence-electron chi connectivity index (χ1n) is 8.18. The molecule has 1 unspecified atom stereocenters. The van der Waals surface area contributed by atoms with Crippen LogP contribution in [0.1, 0.15) is 39.5 Å². The van der Waals surface area contributed by atoms with Crippen LogP contribution in [0.4, 0.5) is 0 Å². The van der Waals surface area contributed by atoms with Gasteiger partial charge in [-0.05, 0) is 51.6 Å². The molecule has 1 heterocycles. The summed E-state index contributed by atoms with van der Waals surface area (Å²) in [6.45, 7) is 9.56. The van der Waals surface area contributed by atoms with Gasteiger partial charge in [-0.2, -0.15) is 0 Å². The fraction of sp³-hybridized carbons (Fsp3) is 1.00. The topological polar surface area (TPSA) is 18.5 Å². The Bertz CT molecular complexity index is 259. The first kappa shape index (κ1) is 15.3. The molecular weight excluding hydrogens is 234 g/mol. The van der Waals surface area contributed by atoms with Gasteiger partial charge in [0.05, 0.1) is 0 Å². The fourth-order valence-corrected chi connectivity index (χ4v) is 3.61. The van der Waals surface area contributed by atoms with E-state index in [1.54, 1.807) is 0 Å². The minimum absolute atomic E-state index is 0.696. The number of rotatable bonds is 4. The minimum atomic E-state index is 0.696. The highest BCUT2D eigenvalue weighted by molar-refractivity contribution is 4.84. The molecule has 0 aromatic carbocycles. The third-order valence-electron chi connectivity index (χ3n) is 5.34. The molecule has 0 radical (unpaired) electrons. The second kappa shape index (κ2) is 7.05. The summed E-state index contributed by atoms with van der Waals surface area (Å²) in [5, 5.41) is 3.83. The van der Waals surface area contributed by atoms with Crippen LogP contribution in [0.5, 0.6) is 0 Å². The number of hydrogen-bond acceptors (Lipinski definition) is 3. The molecular formula is C16H33N3. The molecule has 0 amide bonds. The van der Waals surface area contributed by atoms with E-state index in [1.807, 2.05) is 0 Å². The summed E-state index contributed by atoms with van der Waals surface area (Å²) in [6.07, 6.45) is 5.62. The number of hydrogen-bond donors (Lipinski definition) is 1. The lowest BCUT2D eigenvalue weighted by atomic mass is 9.79. The summed E-state index contributed by atoms with van der Waals surface area (Å²) in [4.78, 5) is 4.98. The largest absolute Gasteiger partial charge is 0.312 e. The first-order valence-corrected chi connectivity index (χ1v) is 8.18. The molecule has 1 aliphatic carbocycles. The van der Waals surface area contributed by atoms with E-state index in [0.29, 0.717) is 6.04 Å². The van der Waals surface area contributed by atoms with E-state index >= 15 is 0 Å². The van der Waals surface area contributed by atoms with Crippen molar-refractivity contribution in [1.29, 1.82) is 0 Å². The van der Waals surface area contributed by atoms with Crippen LogP contribution >= 0.6 is 0 Å². The monoisotopic (exact) mass is 267 g/mol. The van der Waals surface area contributed by atoms with Gasteiger partial charge in [0.25, 0.3) is 0 Å². The molecule has 112 valence electrons. The first-order chi connectivity index (χ1) is 9.06. The van der Waals surface area contributed by atoms with Crippen molar-refractivity contribution in [2.45, 2.75) is 51.6 Å². The summed E-state index contributed by atoms with van der Waals surface area (Å²) in [5.41, 5.74) is 0. The average Bonchev–Trinajstić information content (AvgIpc) is 2.40. The molecule has 2 rings (SSSR count). The second-order valence-corrected chi connectivity index (χ2v) is 7.16. The summed E-state index contributed by atoms with van der Waals surface area (Å²) < 4.78 is 0. The van der Waals surface area contributed by atoms with E-state index in [9.17, 15) is 0 Å². The van der Waals surface area contributed by atoms with Crippen LogP contribution in [-0.4, -0.2) is 62.2 Å². The molecule has 0 aromatic heterocycles. The van der Waals surface area contributed by atoms with E-state index in [0.717, 1.165) is 24.4 Å². The maximum atomic E-state index is 3.83. The van der Waals surface area contributed by atoms with E-state index in [1.165, 1.54) is 45.3 Å². The van der Waals surface area contributed by atoms with Crippen LogP contribution in [0, 0.1) is 11.8 Å². The Hall–Kier alpha value is -0.120. The minimum Gasteiger partial charge on any atom is -0.312 e. The Labute approximate surface area is 119 Å². The Kier molecular flexibility index (Phi) is 5.67. The predicted molar refractivity (Wildman–Crippen MR) is 82.5 cm³/mol. The molecule has 1 saturated heterocycles. The van der Waals surface area contributed by atoms with Crippen LogP contribution in [0.3, 0.4) is 0 Å². The maximum Gasteiger partial charge on any atom is 0.0345 e. The van der Waals surface area contributed by atoms with Crippen molar-refractivity contribution in [2.75, 3.05) is 40.3 Å². The third kappa shape index (κ3) is 4.44. The van der Waals surface area contributed by atoms with Gasteiger partial charge >= 0.3 is 0 Å². The summed E-state index contributed by atoms with van der Waals surface area (Å²) in [6, 6.07) is 1.47. The van der Waals surface area contributed by atoms with Gasteiger partial charge in [-0.25, -0.2) is 0 Å². The van der Waals surface area contributed by atoms with Crippen molar-refractivity contribution in [1.82, 2.24) is 15.1 Å². The smallest absolute Gasteiger partial charge is 0.0345 e. The second-order valence-electron chi connectivity index (χ2n) is 7.16. The molecule has 0 bridgehead atoms. The molecule has 0 aromatic rings. The fourth-order valence-electron chi connectivity index (χ4n) is 3.61. The van der Waals surface area contributed by atoms with Crippen LogP contribution in [0.2, 0.25) is 0 Å². The Morgan fingerprint density at radius 3 is 2.37 bits per heavy atom.